The summed E-state index contributed by atoms with van der Waals surface area (Å²) in [6.07, 6.45) is 0. The smallest absolute Gasteiger partial charge is 0.0589 e. The van der Waals surface area contributed by atoms with Crippen molar-refractivity contribution in [1.29, 1.82) is 0 Å². The Hall–Kier alpha value is -0.800. The van der Waals surface area contributed by atoms with Crippen molar-refractivity contribution in [2.24, 2.45) is 0 Å². The molecule has 1 aromatic heterocycles. The molecular weight excluding hydrogens is 294 g/mol. The Morgan fingerprint density at radius 3 is 2.65 bits per heavy atom. The van der Waals surface area contributed by atoms with E-state index < -0.39 is 0 Å². The lowest BCUT2D eigenvalue weighted by molar-refractivity contribution is 0.900. The molecule has 1 aromatic carbocycles. The lowest BCUT2D eigenvalue weighted by Gasteiger charge is -2.17. The predicted octanol–water partition coefficient (Wildman–Crippen LogP) is 5.30. The van der Waals surface area contributed by atoms with E-state index in [1.54, 1.807) is 11.3 Å². The number of hydrogen-bond donors (Lipinski definition) is 1. The second kappa shape index (κ2) is 5.23. The number of anilines is 1. The average Bonchev–Trinajstić information content (AvgIpc) is 2.71. The summed E-state index contributed by atoms with van der Waals surface area (Å²) in [5.41, 5.74) is 3.87. The van der Waals surface area contributed by atoms with Crippen molar-refractivity contribution in [3.63, 3.8) is 0 Å². The van der Waals surface area contributed by atoms with Crippen molar-refractivity contribution in [3.05, 3.63) is 50.1 Å². The first-order valence-electron chi connectivity index (χ1n) is 5.65. The zero-order valence-corrected chi connectivity index (χ0v) is 12.7. The maximum absolute atomic E-state index is 3.58. The fraction of sp³-hybridized carbons (Fsp3) is 0.286. The van der Waals surface area contributed by atoms with Gasteiger partial charge < -0.3 is 5.32 Å². The van der Waals surface area contributed by atoms with Crippen molar-refractivity contribution in [3.8, 4) is 0 Å². The van der Waals surface area contributed by atoms with Crippen LogP contribution in [0.4, 0.5) is 5.69 Å². The summed E-state index contributed by atoms with van der Waals surface area (Å²) in [6, 6.07) is 8.80. The van der Waals surface area contributed by atoms with Crippen molar-refractivity contribution in [2.75, 3.05) is 5.32 Å². The minimum atomic E-state index is 0.324. The van der Waals surface area contributed by atoms with Gasteiger partial charge in [0.1, 0.15) is 0 Å². The number of nitrogens with one attached hydrogen (secondary N) is 1. The summed E-state index contributed by atoms with van der Waals surface area (Å²) in [6.45, 7) is 6.50. The van der Waals surface area contributed by atoms with Crippen LogP contribution in [0.3, 0.4) is 0 Å². The topological polar surface area (TPSA) is 12.0 Å². The SMILES string of the molecule is Cc1cccc(NC(C)c2sccc2Br)c1C. The van der Waals surface area contributed by atoms with Crippen LogP contribution < -0.4 is 5.32 Å². The lowest BCUT2D eigenvalue weighted by Crippen LogP contribution is -2.07. The van der Waals surface area contributed by atoms with Gasteiger partial charge in [-0.1, -0.05) is 12.1 Å². The highest BCUT2D eigenvalue weighted by molar-refractivity contribution is 9.10. The molecule has 1 nitrogen and oxygen atoms in total. The molecule has 0 fully saturated rings. The Labute approximate surface area is 115 Å². The lowest BCUT2D eigenvalue weighted by atomic mass is 10.1. The van der Waals surface area contributed by atoms with Crippen LogP contribution in [0, 0.1) is 13.8 Å². The standard InChI is InChI=1S/C14H16BrNS/c1-9-5-4-6-13(10(9)2)16-11(3)14-12(15)7-8-17-14/h4-8,11,16H,1-3H3. The molecule has 1 N–H and O–H groups in total. The summed E-state index contributed by atoms with van der Waals surface area (Å²) in [4.78, 5) is 1.34. The molecule has 0 aliphatic rings. The number of hydrogen-bond acceptors (Lipinski definition) is 2. The second-order valence-electron chi connectivity index (χ2n) is 4.25. The van der Waals surface area contributed by atoms with Gasteiger partial charge >= 0.3 is 0 Å². The molecule has 90 valence electrons. The van der Waals surface area contributed by atoms with Gasteiger partial charge in [-0.05, 0) is 65.3 Å². The van der Waals surface area contributed by atoms with Crippen molar-refractivity contribution >= 4 is 33.0 Å². The van der Waals surface area contributed by atoms with E-state index in [1.807, 2.05) is 0 Å². The quantitative estimate of drug-likeness (QED) is 0.811. The van der Waals surface area contributed by atoms with Gasteiger partial charge in [-0.2, -0.15) is 0 Å². The van der Waals surface area contributed by atoms with Gasteiger partial charge in [-0.25, -0.2) is 0 Å². The van der Waals surface area contributed by atoms with Gasteiger partial charge in [0.05, 0.1) is 6.04 Å². The minimum Gasteiger partial charge on any atom is -0.377 e. The minimum absolute atomic E-state index is 0.324. The third-order valence-electron chi connectivity index (χ3n) is 3.01. The monoisotopic (exact) mass is 309 g/mol. The molecule has 0 amide bonds. The zero-order valence-electron chi connectivity index (χ0n) is 10.3. The molecule has 1 heterocycles. The maximum atomic E-state index is 3.58. The van der Waals surface area contributed by atoms with Gasteiger partial charge in [0.25, 0.3) is 0 Å². The van der Waals surface area contributed by atoms with Gasteiger partial charge in [0.15, 0.2) is 0 Å². The van der Waals surface area contributed by atoms with Crippen LogP contribution in [-0.2, 0) is 0 Å². The van der Waals surface area contributed by atoms with Crippen LogP contribution in [-0.4, -0.2) is 0 Å². The third-order valence-corrected chi connectivity index (χ3v) is 5.07. The molecule has 3 heteroatoms. The maximum Gasteiger partial charge on any atom is 0.0589 e. The van der Waals surface area contributed by atoms with E-state index in [9.17, 15) is 0 Å². The number of rotatable bonds is 3. The van der Waals surface area contributed by atoms with Gasteiger partial charge in [-0.15, -0.1) is 11.3 Å². The van der Waals surface area contributed by atoms with E-state index in [0.29, 0.717) is 6.04 Å². The molecule has 0 spiro atoms. The van der Waals surface area contributed by atoms with Crippen molar-refractivity contribution in [1.82, 2.24) is 0 Å². The Kier molecular flexibility index (Phi) is 3.89. The molecular formula is C14H16BrNS. The van der Waals surface area contributed by atoms with Gasteiger partial charge in [0, 0.05) is 15.0 Å². The fourth-order valence-electron chi connectivity index (χ4n) is 1.82. The molecule has 0 radical (unpaired) electrons. The number of thiophene rings is 1. The highest BCUT2D eigenvalue weighted by Crippen LogP contribution is 2.32. The van der Waals surface area contributed by atoms with E-state index in [2.05, 4.69) is 71.7 Å². The molecule has 0 saturated heterocycles. The summed E-state index contributed by atoms with van der Waals surface area (Å²) >= 11 is 5.36. The van der Waals surface area contributed by atoms with E-state index in [0.717, 1.165) is 0 Å². The third kappa shape index (κ3) is 2.72. The molecule has 0 aliphatic carbocycles. The summed E-state index contributed by atoms with van der Waals surface area (Å²) in [5.74, 6) is 0. The molecule has 0 aliphatic heterocycles. The molecule has 1 atom stereocenters. The first-order valence-corrected chi connectivity index (χ1v) is 7.32. The predicted molar refractivity (Wildman–Crippen MR) is 80.0 cm³/mol. The van der Waals surface area contributed by atoms with Crippen LogP contribution in [0.5, 0.6) is 0 Å². The van der Waals surface area contributed by atoms with Crippen molar-refractivity contribution in [2.45, 2.75) is 26.8 Å². The zero-order chi connectivity index (χ0) is 12.4. The Bertz CT molecular complexity index is 519. The molecule has 0 bridgehead atoms. The average molecular weight is 310 g/mol. The van der Waals surface area contributed by atoms with Crippen LogP contribution in [0.15, 0.2) is 34.1 Å². The van der Waals surface area contributed by atoms with E-state index in [-0.39, 0.29) is 0 Å². The molecule has 2 rings (SSSR count). The largest absolute Gasteiger partial charge is 0.377 e. The first kappa shape index (κ1) is 12.7. The van der Waals surface area contributed by atoms with Gasteiger partial charge in [0.2, 0.25) is 0 Å². The summed E-state index contributed by atoms with van der Waals surface area (Å²) in [7, 11) is 0. The Morgan fingerprint density at radius 1 is 1.24 bits per heavy atom. The van der Waals surface area contributed by atoms with Crippen LogP contribution in [0.25, 0.3) is 0 Å². The van der Waals surface area contributed by atoms with Crippen LogP contribution >= 0.6 is 27.3 Å². The van der Waals surface area contributed by atoms with E-state index in [4.69, 9.17) is 0 Å². The number of benzene rings is 1. The number of aryl methyl sites for hydroxylation is 1. The second-order valence-corrected chi connectivity index (χ2v) is 6.05. The highest BCUT2D eigenvalue weighted by atomic mass is 79.9. The van der Waals surface area contributed by atoms with Crippen LogP contribution in [0.2, 0.25) is 0 Å². The Morgan fingerprint density at radius 2 is 2.00 bits per heavy atom. The Balaban J connectivity index is 2.22. The molecule has 17 heavy (non-hydrogen) atoms. The normalized spacial score (nSPS) is 12.5. The van der Waals surface area contributed by atoms with Gasteiger partial charge in [-0.3, -0.25) is 0 Å². The molecule has 1 unspecified atom stereocenters. The fourth-order valence-corrected chi connectivity index (χ4v) is 3.55. The van der Waals surface area contributed by atoms with E-state index in [1.165, 1.54) is 26.2 Å². The van der Waals surface area contributed by atoms with Crippen molar-refractivity contribution < 1.29 is 0 Å². The number of halogens is 1. The summed E-state index contributed by atoms with van der Waals surface area (Å²) < 4.78 is 1.19. The highest BCUT2D eigenvalue weighted by Gasteiger charge is 2.11. The molecule has 2 aromatic rings. The van der Waals surface area contributed by atoms with E-state index >= 15 is 0 Å². The van der Waals surface area contributed by atoms with Crippen LogP contribution in [0.1, 0.15) is 29.0 Å². The summed E-state index contributed by atoms with van der Waals surface area (Å²) in [5, 5.41) is 5.69. The molecule has 0 saturated carbocycles. The first-order chi connectivity index (χ1) is 8.09.